The Morgan fingerprint density at radius 2 is 1.71 bits per heavy atom. The highest BCUT2D eigenvalue weighted by molar-refractivity contribution is 8.44. The van der Waals surface area contributed by atoms with Crippen LogP contribution < -0.4 is 11.5 Å². The molecular formula is C23H30N10O9P2S. The van der Waals surface area contributed by atoms with E-state index >= 15 is 0 Å². The summed E-state index contributed by atoms with van der Waals surface area (Å²) in [5.41, 5.74) is 12.1. The van der Waals surface area contributed by atoms with E-state index < -0.39 is 57.5 Å². The third-order valence-corrected chi connectivity index (χ3v) is 10.6. The van der Waals surface area contributed by atoms with Crippen LogP contribution in [0.25, 0.3) is 22.3 Å². The molecule has 22 heteroatoms. The summed E-state index contributed by atoms with van der Waals surface area (Å²) in [6.07, 6.45) is 0.796. The minimum absolute atomic E-state index is 0.178. The van der Waals surface area contributed by atoms with Crippen LogP contribution in [0.1, 0.15) is 32.2 Å². The summed E-state index contributed by atoms with van der Waals surface area (Å²) in [6.45, 7) is -2.78. The maximum atomic E-state index is 13.8. The number of ether oxygens (including phenoxy) is 3. The number of thiol groups is 1. The predicted molar refractivity (Wildman–Crippen MR) is 159 cm³/mol. The minimum atomic E-state index is -4.10. The van der Waals surface area contributed by atoms with Crippen molar-refractivity contribution in [2.45, 2.75) is 62.2 Å². The van der Waals surface area contributed by atoms with E-state index in [1.165, 1.54) is 32.4 Å². The van der Waals surface area contributed by atoms with Gasteiger partial charge in [-0.25, -0.2) is 34.5 Å². The van der Waals surface area contributed by atoms with Gasteiger partial charge in [0.2, 0.25) is 0 Å². The summed E-state index contributed by atoms with van der Waals surface area (Å²) in [6, 6.07) is 0. The standard InChI is InChI=1S/C23H30N10O9P2S/c1-3-23-6-37-43(34)41-12-4-11(39-21(12)32-9-30-13-17(24)26-7-28-19(13)32)5-38-44(35,45)42-16(23)15(36-2)22(40-23)33-10-31-14-18(25)27-8-29-20(14)33/h7-12,15-16,21-22,43H,3-6H2,1-2H3,(H,35,45)(H2,24,26,28)(H2,25,27,29)/t11-,12+,15+,16-,21+,22+,23+,44+/m0/s1. The Bertz CT molecular complexity index is 1810. The van der Waals surface area contributed by atoms with Gasteiger partial charge in [0, 0.05) is 13.5 Å². The lowest BCUT2D eigenvalue weighted by Gasteiger charge is -2.34. The van der Waals surface area contributed by atoms with E-state index in [1.807, 2.05) is 6.92 Å². The molecule has 3 aliphatic heterocycles. The second-order valence-electron chi connectivity index (χ2n) is 10.7. The van der Waals surface area contributed by atoms with Crippen molar-refractivity contribution in [1.82, 2.24) is 39.0 Å². The van der Waals surface area contributed by atoms with Crippen LogP contribution in [-0.4, -0.2) is 89.4 Å². The monoisotopic (exact) mass is 684 g/mol. The van der Waals surface area contributed by atoms with Gasteiger partial charge in [-0.15, -0.1) is 0 Å². The van der Waals surface area contributed by atoms with Crippen LogP contribution in [0.2, 0.25) is 0 Å². The van der Waals surface area contributed by atoms with Crippen LogP contribution in [0.4, 0.5) is 11.6 Å². The molecule has 3 saturated heterocycles. The summed E-state index contributed by atoms with van der Waals surface area (Å²) in [5, 5.41) is 0. The molecule has 19 nitrogen and oxygen atoms in total. The normalized spacial score (nSPS) is 36.0. The quantitative estimate of drug-likeness (QED) is 0.206. The highest BCUT2D eigenvalue weighted by Gasteiger charge is 2.59. The molecule has 4 N–H and O–H groups in total. The van der Waals surface area contributed by atoms with Gasteiger partial charge in [-0.3, -0.25) is 22.7 Å². The first-order valence-corrected chi connectivity index (χ1v) is 17.8. The molecule has 4 aromatic heterocycles. The molecule has 2 bridgehead atoms. The fourth-order valence-corrected chi connectivity index (χ4v) is 8.32. The van der Waals surface area contributed by atoms with Gasteiger partial charge in [-0.1, -0.05) is 19.2 Å². The Balaban J connectivity index is 1.22. The molecule has 3 fully saturated rings. The lowest BCUT2D eigenvalue weighted by Crippen LogP contribution is -2.47. The number of fused-ring (bicyclic) bond motifs is 5. The summed E-state index contributed by atoms with van der Waals surface area (Å²) >= 11 is 4.29. The van der Waals surface area contributed by atoms with E-state index in [2.05, 4.69) is 42.2 Å². The highest BCUT2D eigenvalue weighted by atomic mass is 32.7. The van der Waals surface area contributed by atoms with Crippen LogP contribution in [0.5, 0.6) is 0 Å². The molecule has 0 amide bonds. The van der Waals surface area contributed by atoms with Gasteiger partial charge in [-0.05, 0) is 6.42 Å². The number of hydrogen-bond acceptors (Lipinski definition) is 17. The molecular weight excluding hydrogens is 654 g/mol. The molecule has 7 heterocycles. The van der Waals surface area contributed by atoms with Crippen LogP contribution in [0.3, 0.4) is 0 Å². The van der Waals surface area contributed by atoms with E-state index in [0.717, 1.165) is 0 Å². The number of aromatic nitrogens is 8. The highest BCUT2D eigenvalue weighted by Crippen LogP contribution is 2.59. The lowest BCUT2D eigenvalue weighted by molar-refractivity contribution is -0.123. The maximum absolute atomic E-state index is 13.8. The molecule has 0 aromatic carbocycles. The van der Waals surface area contributed by atoms with Crippen LogP contribution in [-0.2, 0) is 41.4 Å². The molecule has 45 heavy (non-hydrogen) atoms. The molecule has 242 valence electrons. The molecule has 0 spiro atoms. The van der Waals surface area contributed by atoms with Gasteiger partial charge in [0.25, 0.3) is 0 Å². The number of anilines is 2. The zero-order chi connectivity index (χ0) is 31.5. The lowest BCUT2D eigenvalue weighted by atomic mass is 9.93. The van der Waals surface area contributed by atoms with Crippen molar-refractivity contribution in [3.63, 3.8) is 0 Å². The van der Waals surface area contributed by atoms with Crippen LogP contribution in [0, 0.1) is 0 Å². The Morgan fingerprint density at radius 3 is 2.33 bits per heavy atom. The van der Waals surface area contributed by atoms with Gasteiger partial charge in [0.15, 0.2) is 35.4 Å². The van der Waals surface area contributed by atoms with Gasteiger partial charge in [0.05, 0.1) is 32.0 Å². The van der Waals surface area contributed by atoms with Crippen molar-refractivity contribution in [3.05, 3.63) is 25.3 Å². The molecule has 1 unspecified atom stereocenters. The maximum Gasteiger partial charge on any atom is 0.386 e. The number of imidazole rings is 2. The number of nitrogens with two attached hydrogens (primary N) is 2. The Labute approximate surface area is 260 Å². The van der Waals surface area contributed by atoms with Gasteiger partial charge in [0.1, 0.15) is 47.6 Å². The van der Waals surface area contributed by atoms with Crippen molar-refractivity contribution < 1.29 is 41.4 Å². The molecule has 4 aromatic rings. The molecule has 7 rings (SSSR count). The summed E-state index contributed by atoms with van der Waals surface area (Å²) < 4.78 is 72.6. The largest absolute Gasteiger partial charge is 0.386 e. The Hall–Kier alpha value is -2.77. The predicted octanol–water partition coefficient (Wildman–Crippen LogP) is 2.06. The van der Waals surface area contributed by atoms with Crippen LogP contribution >= 0.6 is 27.3 Å². The third-order valence-electron chi connectivity index (χ3n) is 8.14. The van der Waals surface area contributed by atoms with Gasteiger partial charge < -0.3 is 34.7 Å². The summed E-state index contributed by atoms with van der Waals surface area (Å²) in [5.74, 6) is 0.362. The van der Waals surface area contributed by atoms with E-state index in [9.17, 15) is 9.13 Å². The number of rotatable bonds is 4. The smallest absolute Gasteiger partial charge is 0.382 e. The average molecular weight is 685 g/mol. The third kappa shape index (κ3) is 5.42. The van der Waals surface area contributed by atoms with Crippen molar-refractivity contribution in [3.8, 4) is 0 Å². The number of nitrogen functional groups attached to an aromatic ring is 2. The number of hydrogen-bond donors (Lipinski definition) is 3. The Morgan fingerprint density at radius 1 is 1.07 bits per heavy atom. The van der Waals surface area contributed by atoms with Crippen molar-refractivity contribution in [1.29, 1.82) is 0 Å². The van der Waals surface area contributed by atoms with Gasteiger partial charge in [-0.2, -0.15) is 0 Å². The van der Waals surface area contributed by atoms with E-state index in [-0.39, 0.29) is 37.7 Å². The first-order valence-electron chi connectivity index (χ1n) is 13.8. The number of methoxy groups -OCH3 is 1. The van der Waals surface area contributed by atoms with Crippen molar-refractivity contribution in [2.24, 2.45) is 0 Å². The summed E-state index contributed by atoms with van der Waals surface area (Å²) in [7, 11) is -1.73. The first-order chi connectivity index (χ1) is 21.6. The molecule has 0 radical (unpaired) electrons. The van der Waals surface area contributed by atoms with E-state index in [0.29, 0.717) is 22.3 Å². The average Bonchev–Trinajstić information content (AvgIpc) is 3.79. The minimum Gasteiger partial charge on any atom is -0.382 e. The Kier molecular flexibility index (Phi) is 8.09. The second kappa shape index (κ2) is 11.8. The molecule has 0 saturated carbocycles. The SMILES string of the molecule is CC[C@@]12CO[PH](=O)O[C@@H]3C[C@@H](CO[P@@](=O)(S)O[C@H]1[C@@H](OC)[C@H](n1cnc4c(N)ncnc41)O2)O[C@H]3n1cnc2c(N)ncnc21. The topological polar surface area (TPSA) is 238 Å². The molecule has 3 aliphatic rings. The summed E-state index contributed by atoms with van der Waals surface area (Å²) in [4.78, 5) is 25.1. The fourth-order valence-electron chi connectivity index (χ4n) is 5.91. The fraction of sp³-hybridized carbons (Fsp3) is 0.565. The van der Waals surface area contributed by atoms with Crippen molar-refractivity contribution in [2.75, 3.05) is 31.8 Å². The molecule has 0 aliphatic carbocycles. The zero-order valence-electron chi connectivity index (χ0n) is 23.9. The first kappa shape index (κ1) is 30.9. The van der Waals surface area contributed by atoms with E-state index in [4.69, 9.17) is 43.8 Å². The van der Waals surface area contributed by atoms with Crippen molar-refractivity contribution >= 4 is 61.3 Å². The molecule has 9 atom stereocenters. The zero-order valence-corrected chi connectivity index (χ0v) is 26.7. The second-order valence-corrected chi connectivity index (χ2v) is 14.6. The van der Waals surface area contributed by atoms with Crippen LogP contribution in [0.15, 0.2) is 25.3 Å². The van der Waals surface area contributed by atoms with E-state index in [1.54, 1.807) is 9.13 Å². The van der Waals surface area contributed by atoms with Gasteiger partial charge >= 0.3 is 15.1 Å². The number of nitrogens with zero attached hydrogens (tertiary/aromatic N) is 8.